The standard InChI is InChI=1S/C26H25NO3S3/c1-14-12-15(2)20-18(13-14)19(23(31)26(4,5)27(20)16(3)28)25-32-21(17-10-8-7-9-11-17)22(33-25)24(29)30-6/h7-13H,1-6H3. The molecule has 1 amide bonds. The second-order valence-corrected chi connectivity index (χ2v) is 11.3. The van der Waals surface area contributed by atoms with Crippen LogP contribution in [0.3, 0.4) is 0 Å². The molecule has 0 saturated carbocycles. The molecule has 0 radical (unpaired) electrons. The lowest BCUT2D eigenvalue weighted by molar-refractivity contribution is -0.135. The Bertz CT molecular complexity index is 1260. The van der Waals surface area contributed by atoms with Crippen LogP contribution in [0.25, 0.3) is 10.5 Å². The van der Waals surface area contributed by atoms with Crippen molar-refractivity contribution in [2.45, 2.75) is 40.2 Å². The number of nitrogens with zero attached hydrogens (tertiary/aromatic N) is 1. The highest BCUT2D eigenvalue weighted by Gasteiger charge is 2.45. The van der Waals surface area contributed by atoms with Crippen LogP contribution in [0.2, 0.25) is 0 Å². The zero-order chi connectivity index (χ0) is 24.1. The van der Waals surface area contributed by atoms with Gasteiger partial charge in [0.1, 0.15) is 4.91 Å². The van der Waals surface area contributed by atoms with Crippen LogP contribution in [0.15, 0.2) is 51.6 Å². The summed E-state index contributed by atoms with van der Waals surface area (Å²) in [5.74, 6) is -0.418. The predicted molar refractivity (Wildman–Crippen MR) is 143 cm³/mol. The van der Waals surface area contributed by atoms with Crippen LogP contribution in [0.1, 0.15) is 43.0 Å². The maximum Gasteiger partial charge on any atom is 0.345 e. The highest BCUT2D eigenvalue weighted by molar-refractivity contribution is 8.32. The third-order valence-electron chi connectivity index (χ3n) is 5.80. The molecule has 0 fully saturated rings. The third kappa shape index (κ3) is 3.96. The van der Waals surface area contributed by atoms with Gasteiger partial charge in [-0.05, 0) is 44.9 Å². The molecule has 0 spiro atoms. The van der Waals surface area contributed by atoms with Gasteiger partial charge in [0, 0.05) is 23.0 Å². The Morgan fingerprint density at radius 3 is 2.33 bits per heavy atom. The van der Waals surface area contributed by atoms with E-state index in [-0.39, 0.29) is 11.9 Å². The molecule has 2 aliphatic rings. The molecule has 0 saturated heterocycles. The van der Waals surface area contributed by atoms with Crippen molar-refractivity contribution in [1.29, 1.82) is 0 Å². The largest absolute Gasteiger partial charge is 0.465 e. The van der Waals surface area contributed by atoms with E-state index in [0.29, 0.717) is 9.77 Å². The van der Waals surface area contributed by atoms with Gasteiger partial charge < -0.3 is 9.64 Å². The summed E-state index contributed by atoms with van der Waals surface area (Å²) in [6.45, 7) is 9.61. The Balaban J connectivity index is 1.98. The van der Waals surface area contributed by atoms with Crippen LogP contribution in [-0.4, -0.2) is 29.4 Å². The Hall–Kier alpha value is -2.35. The van der Waals surface area contributed by atoms with E-state index in [1.165, 1.54) is 18.9 Å². The van der Waals surface area contributed by atoms with Crippen LogP contribution in [0.5, 0.6) is 0 Å². The minimum atomic E-state index is -0.696. The first-order chi connectivity index (χ1) is 15.6. The molecule has 0 bridgehead atoms. The molecule has 170 valence electrons. The van der Waals surface area contributed by atoms with Gasteiger partial charge in [0.15, 0.2) is 0 Å². The number of methoxy groups -OCH3 is 1. The number of carbonyl (C=O) groups excluding carboxylic acids is 2. The highest BCUT2D eigenvalue weighted by atomic mass is 32.2. The number of hydrogen-bond acceptors (Lipinski definition) is 6. The number of carbonyl (C=O) groups is 2. The molecule has 0 aromatic heterocycles. The minimum Gasteiger partial charge on any atom is -0.465 e. The van der Waals surface area contributed by atoms with Crippen molar-refractivity contribution < 1.29 is 14.3 Å². The van der Waals surface area contributed by atoms with E-state index in [4.69, 9.17) is 17.0 Å². The fourth-order valence-corrected chi connectivity index (χ4v) is 7.57. The summed E-state index contributed by atoms with van der Waals surface area (Å²) in [6, 6.07) is 14.0. The maximum absolute atomic E-state index is 12.8. The molecule has 0 atom stereocenters. The number of ether oxygens (including phenoxy) is 1. The number of esters is 1. The third-order valence-corrected chi connectivity index (χ3v) is 9.13. The topological polar surface area (TPSA) is 46.6 Å². The van der Waals surface area contributed by atoms with Gasteiger partial charge in [-0.2, -0.15) is 0 Å². The molecule has 2 aromatic carbocycles. The number of thioether (sulfide) groups is 2. The summed E-state index contributed by atoms with van der Waals surface area (Å²) in [7, 11) is 1.40. The number of aryl methyl sites for hydroxylation is 2. The van der Waals surface area contributed by atoms with Crippen molar-refractivity contribution in [3.8, 4) is 0 Å². The smallest absolute Gasteiger partial charge is 0.345 e. The number of hydrogen-bond donors (Lipinski definition) is 0. The molecule has 0 N–H and O–H groups in total. The summed E-state index contributed by atoms with van der Waals surface area (Å²) >= 11 is 8.97. The highest BCUT2D eigenvalue weighted by Crippen LogP contribution is 2.58. The van der Waals surface area contributed by atoms with Gasteiger partial charge in [-0.15, -0.1) is 0 Å². The lowest BCUT2D eigenvalue weighted by atomic mass is 9.81. The van der Waals surface area contributed by atoms with Gasteiger partial charge in [-0.1, -0.05) is 77.7 Å². The zero-order valence-corrected chi connectivity index (χ0v) is 21.9. The predicted octanol–water partition coefficient (Wildman–Crippen LogP) is 6.51. The Labute approximate surface area is 208 Å². The van der Waals surface area contributed by atoms with Gasteiger partial charge in [-0.3, -0.25) is 4.79 Å². The van der Waals surface area contributed by atoms with Crippen LogP contribution in [0, 0.1) is 13.8 Å². The van der Waals surface area contributed by atoms with Crippen LogP contribution >= 0.6 is 35.7 Å². The van der Waals surface area contributed by atoms with E-state index >= 15 is 0 Å². The van der Waals surface area contributed by atoms with Crippen molar-refractivity contribution in [2.75, 3.05) is 12.0 Å². The average molecular weight is 496 g/mol. The van der Waals surface area contributed by atoms with E-state index < -0.39 is 5.54 Å². The number of rotatable bonds is 2. The van der Waals surface area contributed by atoms with Gasteiger partial charge >= 0.3 is 5.97 Å². The first kappa shape index (κ1) is 23.8. The van der Waals surface area contributed by atoms with E-state index in [1.54, 1.807) is 23.6 Å². The monoisotopic (exact) mass is 495 g/mol. The van der Waals surface area contributed by atoms with Gasteiger partial charge in [0.25, 0.3) is 0 Å². The molecule has 4 nitrogen and oxygen atoms in total. The summed E-state index contributed by atoms with van der Waals surface area (Å²) in [5.41, 5.74) is 5.09. The van der Waals surface area contributed by atoms with Crippen LogP contribution < -0.4 is 4.90 Å². The quantitative estimate of drug-likeness (QED) is 0.269. The number of fused-ring (bicyclic) bond motifs is 1. The van der Waals surface area contributed by atoms with Crippen molar-refractivity contribution in [3.05, 3.63) is 73.9 Å². The fraction of sp³-hybridized carbons (Fsp3) is 0.269. The van der Waals surface area contributed by atoms with Crippen molar-refractivity contribution in [3.63, 3.8) is 0 Å². The zero-order valence-electron chi connectivity index (χ0n) is 19.4. The van der Waals surface area contributed by atoms with E-state index in [9.17, 15) is 9.59 Å². The second-order valence-electron chi connectivity index (χ2n) is 8.60. The molecule has 33 heavy (non-hydrogen) atoms. The van der Waals surface area contributed by atoms with Gasteiger partial charge in [-0.25, -0.2) is 4.79 Å². The van der Waals surface area contributed by atoms with E-state index in [2.05, 4.69) is 12.1 Å². The number of anilines is 1. The Kier molecular flexibility index (Phi) is 6.33. The molecule has 0 unspecified atom stereocenters. The summed E-state index contributed by atoms with van der Waals surface area (Å²) in [4.78, 5) is 29.4. The van der Waals surface area contributed by atoms with E-state index in [0.717, 1.165) is 42.7 Å². The molecule has 2 heterocycles. The number of amides is 1. The van der Waals surface area contributed by atoms with Crippen molar-refractivity contribution >= 4 is 68.6 Å². The van der Waals surface area contributed by atoms with E-state index in [1.807, 2.05) is 58.0 Å². The first-order valence-corrected chi connectivity index (χ1v) is 12.6. The van der Waals surface area contributed by atoms with Gasteiger partial charge in [0.05, 0.1) is 27.4 Å². The molecular formula is C26H25NO3S3. The van der Waals surface area contributed by atoms with Crippen LogP contribution in [-0.2, 0) is 14.3 Å². The average Bonchev–Trinajstić information content (AvgIpc) is 3.20. The first-order valence-electron chi connectivity index (χ1n) is 10.5. The van der Waals surface area contributed by atoms with Gasteiger partial charge in [0.2, 0.25) is 5.91 Å². The molecule has 2 aromatic rings. The molecule has 0 aliphatic carbocycles. The summed E-state index contributed by atoms with van der Waals surface area (Å²) < 4.78 is 6.04. The Morgan fingerprint density at radius 2 is 1.73 bits per heavy atom. The SMILES string of the molecule is COC(=O)C1=C(c2ccccc2)SC(=C2C(=S)C(C)(C)N(C(C)=O)c3c(C)cc(C)cc32)S1. The van der Waals surface area contributed by atoms with Crippen LogP contribution in [0.4, 0.5) is 5.69 Å². The summed E-state index contributed by atoms with van der Waals surface area (Å²) in [6.07, 6.45) is 0. The van der Waals surface area contributed by atoms with Crippen molar-refractivity contribution in [2.24, 2.45) is 0 Å². The molecule has 4 rings (SSSR count). The minimum absolute atomic E-state index is 0.0512. The number of benzene rings is 2. The fourth-order valence-electron chi connectivity index (χ4n) is 4.42. The Morgan fingerprint density at radius 1 is 1.06 bits per heavy atom. The lowest BCUT2D eigenvalue weighted by Crippen LogP contribution is -2.55. The molecule has 7 heteroatoms. The normalized spacial score (nSPS) is 19.6. The number of thiocarbonyl (C=S) groups is 1. The molecular weight excluding hydrogens is 470 g/mol. The second kappa shape index (κ2) is 8.78. The summed E-state index contributed by atoms with van der Waals surface area (Å²) in [5, 5.41) is 0. The maximum atomic E-state index is 12.8. The lowest BCUT2D eigenvalue weighted by Gasteiger charge is -2.45. The van der Waals surface area contributed by atoms with Crippen molar-refractivity contribution in [1.82, 2.24) is 0 Å². The molecule has 2 aliphatic heterocycles.